The second-order valence-corrected chi connectivity index (χ2v) is 6.52. The molecule has 5 heteroatoms. The van der Waals surface area contributed by atoms with Gasteiger partial charge in [-0.05, 0) is 43.1 Å². The van der Waals surface area contributed by atoms with E-state index >= 15 is 0 Å². The number of rotatable bonds is 5. The molecule has 126 valence electrons. The second-order valence-electron chi connectivity index (χ2n) is 6.11. The van der Waals surface area contributed by atoms with Gasteiger partial charge in [0.25, 0.3) is 0 Å². The number of pyridine rings is 1. The lowest BCUT2D eigenvalue weighted by Gasteiger charge is -2.34. The van der Waals surface area contributed by atoms with Gasteiger partial charge >= 0.3 is 0 Å². The third-order valence-electron chi connectivity index (χ3n) is 4.42. The van der Waals surface area contributed by atoms with E-state index in [1.54, 1.807) is 6.20 Å². The molecule has 2 aromatic rings. The van der Waals surface area contributed by atoms with E-state index in [1.165, 1.54) is 0 Å². The fourth-order valence-corrected chi connectivity index (χ4v) is 3.32. The van der Waals surface area contributed by atoms with Crippen LogP contribution in [0, 0.1) is 0 Å². The number of hydrogen-bond donors (Lipinski definition) is 1. The summed E-state index contributed by atoms with van der Waals surface area (Å²) in [6, 6.07) is 13.4. The van der Waals surface area contributed by atoms with Crippen LogP contribution in [-0.2, 0) is 17.9 Å². The van der Waals surface area contributed by atoms with Crippen molar-refractivity contribution in [3.05, 3.63) is 64.9 Å². The second kappa shape index (κ2) is 8.27. The maximum Gasteiger partial charge on any atom is 0.237 e. The molecule has 0 spiro atoms. The van der Waals surface area contributed by atoms with E-state index < -0.39 is 0 Å². The standard InChI is InChI=1S/C19H22ClN3O/c20-17-9-2-1-7-15(17)13-22-19(24)18-10-4-6-12-23(18)14-16-8-3-5-11-21-16/h1-3,5,7-9,11,18H,4,6,10,12-14H2,(H,22,24)/t18-/m0/s1. The summed E-state index contributed by atoms with van der Waals surface area (Å²) < 4.78 is 0. The average Bonchev–Trinajstić information content (AvgIpc) is 2.62. The first kappa shape index (κ1) is 16.9. The molecule has 0 bridgehead atoms. The summed E-state index contributed by atoms with van der Waals surface area (Å²) in [5.41, 5.74) is 1.95. The van der Waals surface area contributed by atoms with Crippen molar-refractivity contribution < 1.29 is 4.79 Å². The minimum atomic E-state index is -0.0942. The number of likely N-dealkylation sites (tertiary alicyclic amines) is 1. The van der Waals surface area contributed by atoms with Crippen molar-refractivity contribution in [3.63, 3.8) is 0 Å². The Labute approximate surface area is 147 Å². The molecule has 1 amide bonds. The Morgan fingerprint density at radius 2 is 2.04 bits per heavy atom. The van der Waals surface area contributed by atoms with E-state index in [4.69, 9.17) is 11.6 Å². The van der Waals surface area contributed by atoms with Gasteiger partial charge in [-0.3, -0.25) is 14.7 Å². The lowest BCUT2D eigenvalue weighted by Crippen LogP contribution is -2.48. The molecule has 0 unspecified atom stereocenters. The highest BCUT2D eigenvalue weighted by Gasteiger charge is 2.28. The van der Waals surface area contributed by atoms with Gasteiger partial charge in [-0.15, -0.1) is 0 Å². The summed E-state index contributed by atoms with van der Waals surface area (Å²) in [5, 5.41) is 3.73. The minimum absolute atomic E-state index is 0.0746. The molecule has 0 radical (unpaired) electrons. The Hall–Kier alpha value is -1.91. The number of amides is 1. The third-order valence-corrected chi connectivity index (χ3v) is 4.79. The van der Waals surface area contributed by atoms with Gasteiger partial charge < -0.3 is 5.32 Å². The molecule has 1 fully saturated rings. The van der Waals surface area contributed by atoms with Crippen molar-refractivity contribution in [2.45, 2.75) is 38.4 Å². The molecule has 0 saturated carbocycles. The number of nitrogens with zero attached hydrogens (tertiary/aromatic N) is 2. The van der Waals surface area contributed by atoms with E-state index in [0.29, 0.717) is 18.1 Å². The molecular formula is C19H22ClN3O. The quantitative estimate of drug-likeness (QED) is 0.905. The maximum absolute atomic E-state index is 12.7. The van der Waals surface area contributed by atoms with E-state index in [9.17, 15) is 4.79 Å². The van der Waals surface area contributed by atoms with Crippen molar-refractivity contribution in [1.82, 2.24) is 15.2 Å². The van der Waals surface area contributed by atoms with Gasteiger partial charge in [0.05, 0.1) is 11.7 Å². The predicted molar refractivity (Wildman–Crippen MR) is 95.6 cm³/mol. The molecule has 1 N–H and O–H groups in total. The van der Waals surface area contributed by atoms with Crippen LogP contribution >= 0.6 is 11.6 Å². The van der Waals surface area contributed by atoms with Gasteiger partial charge in [0, 0.05) is 24.3 Å². The molecule has 1 aliphatic heterocycles. The zero-order valence-electron chi connectivity index (χ0n) is 13.6. The van der Waals surface area contributed by atoms with Crippen LogP contribution in [-0.4, -0.2) is 28.4 Å². The Balaban J connectivity index is 1.62. The normalized spacial score (nSPS) is 18.3. The highest BCUT2D eigenvalue weighted by atomic mass is 35.5. The zero-order valence-corrected chi connectivity index (χ0v) is 14.4. The van der Waals surface area contributed by atoms with Crippen molar-refractivity contribution >= 4 is 17.5 Å². The number of benzene rings is 1. The van der Waals surface area contributed by atoms with E-state index in [-0.39, 0.29) is 11.9 Å². The average molecular weight is 344 g/mol. The largest absolute Gasteiger partial charge is 0.351 e. The van der Waals surface area contributed by atoms with E-state index in [1.807, 2.05) is 42.5 Å². The number of nitrogens with one attached hydrogen (secondary N) is 1. The van der Waals surface area contributed by atoms with Crippen LogP contribution in [0.1, 0.15) is 30.5 Å². The number of halogens is 1. The van der Waals surface area contributed by atoms with Crippen molar-refractivity contribution in [2.75, 3.05) is 6.54 Å². The van der Waals surface area contributed by atoms with Gasteiger partial charge in [0.1, 0.15) is 0 Å². The zero-order chi connectivity index (χ0) is 16.8. The number of hydrogen-bond acceptors (Lipinski definition) is 3. The highest BCUT2D eigenvalue weighted by molar-refractivity contribution is 6.31. The van der Waals surface area contributed by atoms with Crippen LogP contribution in [0.5, 0.6) is 0 Å². The summed E-state index contributed by atoms with van der Waals surface area (Å²) in [6.07, 6.45) is 4.90. The number of aromatic nitrogens is 1. The molecule has 1 aromatic heterocycles. The predicted octanol–water partition coefficient (Wildman–Crippen LogP) is 3.41. The fourth-order valence-electron chi connectivity index (χ4n) is 3.12. The van der Waals surface area contributed by atoms with Crippen LogP contribution in [0.4, 0.5) is 0 Å². The molecule has 1 aliphatic rings. The van der Waals surface area contributed by atoms with Crippen molar-refractivity contribution in [2.24, 2.45) is 0 Å². The van der Waals surface area contributed by atoms with Gasteiger partial charge in [-0.1, -0.05) is 42.3 Å². The SMILES string of the molecule is O=C(NCc1ccccc1Cl)[C@@H]1CCCCN1Cc1ccccn1. The topological polar surface area (TPSA) is 45.2 Å². The Morgan fingerprint density at radius 3 is 2.83 bits per heavy atom. The van der Waals surface area contributed by atoms with Crippen LogP contribution in [0.3, 0.4) is 0 Å². The smallest absolute Gasteiger partial charge is 0.237 e. The Morgan fingerprint density at radius 1 is 1.21 bits per heavy atom. The lowest BCUT2D eigenvalue weighted by atomic mass is 10.0. The molecule has 0 aliphatic carbocycles. The summed E-state index contributed by atoms with van der Waals surface area (Å²) >= 11 is 6.16. The van der Waals surface area contributed by atoms with Crippen molar-refractivity contribution in [3.8, 4) is 0 Å². The molecule has 2 heterocycles. The van der Waals surface area contributed by atoms with E-state index in [2.05, 4.69) is 15.2 Å². The molecule has 1 saturated heterocycles. The number of carbonyl (C=O) groups excluding carboxylic acids is 1. The van der Waals surface area contributed by atoms with Gasteiger partial charge in [-0.2, -0.15) is 0 Å². The van der Waals surface area contributed by atoms with Crippen LogP contribution in [0.2, 0.25) is 5.02 Å². The summed E-state index contributed by atoms with van der Waals surface area (Å²) in [6.45, 7) is 2.11. The lowest BCUT2D eigenvalue weighted by molar-refractivity contribution is -0.128. The van der Waals surface area contributed by atoms with Crippen LogP contribution in [0.15, 0.2) is 48.7 Å². The minimum Gasteiger partial charge on any atom is -0.351 e. The first-order valence-corrected chi connectivity index (χ1v) is 8.77. The molecule has 24 heavy (non-hydrogen) atoms. The first-order valence-electron chi connectivity index (χ1n) is 8.39. The maximum atomic E-state index is 12.7. The number of piperidine rings is 1. The number of carbonyl (C=O) groups is 1. The summed E-state index contributed by atoms with van der Waals surface area (Å²) in [4.78, 5) is 19.3. The fraction of sp³-hybridized carbons (Fsp3) is 0.368. The molecular weight excluding hydrogens is 322 g/mol. The Kier molecular flexibility index (Phi) is 5.83. The molecule has 3 rings (SSSR count). The Bertz CT molecular complexity index is 677. The summed E-state index contributed by atoms with van der Waals surface area (Å²) in [7, 11) is 0. The summed E-state index contributed by atoms with van der Waals surface area (Å²) in [5.74, 6) is 0.0746. The van der Waals surface area contributed by atoms with Crippen molar-refractivity contribution in [1.29, 1.82) is 0 Å². The first-order chi connectivity index (χ1) is 11.7. The van der Waals surface area contributed by atoms with Crippen LogP contribution < -0.4 is 5.32 Å². The molecule has 1 atom stereocenters. The van der Waals surface area contributed by atoms with Crippen LogP contribution in [0.25, 0.3) is 0 Å². The van der Waals surface area contributed by atoms with Gasteiger partial charge in [0.2, 0.25) is 5.91 Å². The van der Waals surface area contributed by atoms with Gasteiger partial charge in [-0.25, -0.2) is 0 Å². The van der Waals surface area contributed by atoms with Gasteiger partial charge in [0.15, 0.2) is 0 Å². The monoisotopic (exact) mass is 343 g/mol. The third kappa shape index (κ3) is 4.34. The molecule has 1 aromatic carbocycles. The molecule has 4 nitrogen and oxygen atoms in total. The van der Waals surface area contributed by atoms with E-state index in [0.717, 1.165) is 37.1 Å². The highest BCUT2D eigenvalue weighted by Crippen LogP contribution is 2.20.